The number of fused-ring (bicyclic) bond motifs is 2. The number of nitrogens with zero attached hydrogens (tertiary/aromatic N) is 1. The molecule has 0 bridgehead atoms. The first kappa shape index (κ1) is 24.6. The summed E-state index contributed by atoms with van der Waals surface area (Å²) in [5.41, 5.74) is 5.21. The van der Waals surface area contributed by atoms with Crippen LogP contribution in [-0.4, -0.2) is 33.2 Å². The first-order valence-electron chi connectivity index (χ1n) is 12.2. The van der Waals surface area contributed by atoms with Gasteiger partial charge in [0.05, 0.1) is 24.5 Å². The minimum atomic E-state index is -3.59. The second-order valence-electron chi connectivity index (χ2n) is 10.5. The van der Waals surface area contributed by atoms with Gasteiger partial charge in [-0.3, -0.25) is 9.10 Å². The molecular formula is C27H36N2O4S. The number of carbonyl (C=O) groups excluding carboxylic acids is 1. The highest BCUT2D eigenvalue weighted by atomic mass is 32.2. The molecule has 0 unspecified atom stereocenters. The Hall–Kier alpha value is -2.54. The zero-order valence-electron chi connectivity index (χ0n) is 20.8. The Bertz CT molecular complexity index is 1180. The van der Waals surface area contributed by atoms with Crippen LogP contribution in [0.2, 0.25) is 0 Å². The second-order valence-corrected chi connectivity index (χ2v) is 12.4. The van der Waals surface area contributed by atoms with Crippen LogP contribution in [0.3, 0.4) is 0 Å². The van der Waals surface area contributed by atoms with Crippen molar-refractivity contribution in [3.05, 3.63) is 58.7 Å². The van der Waals surface area contributed by atoms with Gasteiger partial charge in [0.2, 0.25) is 10.0 Å². The molecule has 6 nitrogen and oxygen atoms in total. The lowest BCUT2D eigenvalue weighted by molar-refractivity contribution is -0.128. The van der Waals surface area contributed by atoms with Gasteiger partial charge in [-0.2, -0.15) is 0 Å². The minimum absolute atomic E-state index is 0.0497. The van der Waals surface area contributed by atoms with E-state index in [4.69, 9.17) is 4.74 Å². The van der Waals surface area contributed by atoms with Crippen LogP contribution < -0.4 is 14.4 Å². The summed E-state index contributed by atoms with van der Waals surface area (Å²) < 4.78 is 32.6. The van der Waals surface area contributed by atoms with Gasteiger partial charge in [-0.15, -0.1) is 0 Å². The molecule has 2 aliphatic rings. The highest BCUT2D eigenvalue weighted by molar-refractivity contribution is 7.92. The summed E-state index contributed by atoms with van der Waals surface area (Å²) >= 11 is 0. The zero-order valence-corrected chi connectivity index (χ0v) is 21.7. The Morgan fingerprint density at radius 2 is 1.82 bits per heavy atom. The van der Waals surface area contributed by atoms with E-state index in [9.17, 15) is 13.2 Å². The molecule has 34 heavy (non-hydrogen) atoms. The summed E-state index contributed by atoms with van der Waals surface area (Å²) in [6, 6.07) is 11.9. The normalized spacial score (nSPS) is 19.0. The molecule has 2 aromatic rings. The number of rotatable bonds is 5. The fraction of sp³-hybridized carbons (Fsp3) is 0.519. The van der Waals surface area contributed by atoms with E-state index < -0.39 is 16.1 Å². The molecular weight excluding hydrogens is 448 g/mol. The van der Waals surface area contributed by atoms with Gasteiger partial charge in [-0.1, -0.05) is 52.0 Å². The van der Waals surface area contributed by atoms with Crippen molar-refractivity contribution in [3.63, 3.8) is 0 Å². The van der Waals surface area contributed by atoms with Crippen molar-refractivity contribution in [2.75, 3.05) is 17.1 Å². The SMILES string of the molecule is CC[C@@H](NC(=O)[C@H]1CN(S(C)(=O)=O)c2cc(C(C)(C)C)ccc2O1)c1ccc2c(c1)CCCC2. The van der Waals surface area contributed by atoms with E-state index >= 15 is 0 Å². The van der Waals surface area contributed by atoms with Gasteiger partial charge in [0.25, 0.3) is 5.91 Å². The predicted molar refractivity (Wildman–Crippen MR) is 136 cm³/mol. The first-order chi connectivity index (χ1) is 16.0. The molecule has 184 valence electrons. The summed E-state index contributed by atoms with van der Waals surface area (Å²) in [4.78, 5) is 13.3. The van der Waals surface area contributed by atoms with Crippen LogP contribution >= 0.6 is 0 Å². The van der Waals surface area contributed by atoms with Gasteiger partial charge < -0.3 is 10.1 Å². The summed E-state index contributed by atoms with van der Waals surface area (Å²) in [5.74, 6) is 0.107. The van der Waals surface area contributed by atoms with Crippen LogP contribution in [-0.2, 0) is 33.1 Å². The van der Waals surface area contributed by atoms with Crippen molar-refractivity contribution < 1.29 is 17.9 Å². The summed E-state index contributed by atoms with van der Waals surface area (Å²) in [5, 5.41) is 3.11. The fourth-order valence-electron chi connectivity index (χ4n) is 4.82. The standard InChI is InChI=1S/C27H36N2O4S/c1-6-22(20-12-11-18-9-7-8-10-19(18)15-20)28-26(30)25-17-29(34(5,31)32)23-16-21(27(2,3)4)13-14-24(23)33-25/h11-16,22,25H,6-10,17H2,1-5H3,(H,28,30)/t22-,25-/m1/s1. The highest BCUT2D eigenvalue weighted by Gasteiger charge is 2.36. The Morgan fingerprint density at radius 1 is 1.12 bits per heavy atom. The number of amides is 1. The molecule has 4 rings (SSSR count). The average Bonchev–Trinajstić information content (AvgIpc) is 2.79. The minimum Gasteiger partial charge on any atom is -0.476 e. The van der Waals surface area contributed by atoms with Crippen LogP contribution in [0, 0.1) is 0 Å². The number of nitrogens with one attached hydrogen (secondary N) is 1. The lowest BCUT2D eigenvalue weighted by atomic mass is 9.86. The molecule has 1 heterocycles. The van der Waals surface area contributed by atoms with Gasteiger partial charge in [0.15, 0.2) is 6.10 Å². The maximum Gasteiger partial charge on any atom is 0.263 e. The van der Waals surface area contributed by atoms with E-state index in [1.807, 2.05) is 19.1 Å². The highest BCUT2D eigenvalue weighted by Crippen LogP contribution is 2.38. The number of carbonyl (C=O) groups is 1. The van der Waals surface area contributed by atoms with Crippen LogP contribution in [0.4, 0.5) is 5.69 Å². The fourth-order valence-corrected chi connectivity index (χ4v) is 5.73. The molecule has 1 N–H and O–H groups in total. The lowest BCUT2D eigenvalue weighted by Gasteiger charge is -2.35. The second kappa shape index (κ2) is 9.25. The number of benzene rings is 2. The molecule has 0 spiro atoms. The summed E-state index contributed by atoms with van der Waals surface area (Å²) in [6.45, 7) is 8.21. The third kappa shape index (κ3) is 5.09. The van der Waals surface area contributed by atoms with Crippen LogP contribution in [0.25, 0.3) is 0 Å². The molecule has 1 amide bonds. The zero-order chi connectivity index (χ0) is 24.7. The topological polar surface area (TPSA) is 75.7 Å². The van der Waals surface area contributed by atoms with Gasteiger partial charge in [-0.25, -0.2) is 8.42 Å². The van der Waals surface area contributed by atoms with Gasteiger partial charge in [0.1, 0.15) is 5.75 Å². The van der Waals surface area contributed by atoms with Gasteiger partial charge in [0, 0.05) is 0 Å². The van der Waals surface area contributed by atoms with Crippen molar-refractivity contribution in [3.8, 4) is 5.75 Å². The summed E-state index contributed by atoms with van der Waals surface area (Å²) in [6.07, 6.45) is 5.61. The lowest BCUT2D eigenvalue weighted by Crippen LogP contribution is -2.51. The Kier molecular flexibility index (Phi) is 6.69. The largest absolute Gasteiger partial charge is 0.476 e. The van der Waals surface area contributed by atoms with E-state index in [-0.39, 0.29) is 23.9 Å². The first-order valence-corrected chi connectivity index (χ1v) is 14.0. The quantitative estimate of drug-likeness (QED) is 0.670. The van der Waals surface area contributed by atoms with Crippen LogP contribution in [0.15, 0.2) is 36.4 Å². The predicted octanol–water partition coefficient (Wildman–Crippen LogP) is 4.66. The number of sulfonamides is 1. The molecule has 0 saturated carbocycles. The van der Waals surface area contributed by atoms with Crippen LogP contribution in [0.1, 0.15) is 75.3 Å². The van der Waals surface area contributed by atoms with E-state index in [1.165, 1.54) is 34.5 Å². The van der Waals surface area contributed by atoms with E-state index in [2.05, 4.69) is 44.3 Å². The van der Waals surface area contributed by atoms with Crippen molar-refractivity contribution in [2.24, 2.45) is 0 Å². The third-order valence-electron chi connectivity index (χ3n) is 6.89. The molecule has 1 aliphatic carbocycles. The molecule has 0 radical (unpaired) electrons. The van der Waals surface area contributed by atoms with Gasteiger partial charge >= 0.3 is 0 Å². The number of ether oxygens (including phenoxy) is 1. The molecule has 2 atom stereocenters. The molecule has 1 aliphatic heterocycles. The number of hydrogen-bond acceptors (Lipinski definition) is 4. The number of anilines is 1. The number of aryl methyl sites for hydroxylation is 2. The molecule has 7 heteroatoms. The molecule has 0 saturated heterocycles. The van der Waals surface area contributed by atoms with Crippen LogP contribution in [0.5, 0.6) is 5.75 Å². The van der Waals surface area contributed by atoms with Crippen molar-refractivity contribution in [1.29, 1.82) is 0 Å². The van der Waals surface area contributed by atoms with E-state index in [0.29, 0.717) is 11.4 Å². The maximum absolute atomic E-state index is 13.3. The summed E-state index contributed by atoms with van der Waals surface area (Å²) in [7, 11) is -3.59. The Labute approximate surface area is 203 Å². The molecule has 2 aromatic carbocycles. The smallest absolute Gasteiger partial charge is 0.263 e. The number of hydrogen-bond donors (Lipinski definition) is 1. The van der Waals surface area contributed by atoms with Crippen molar-refractivity contribution in [1.82, 2.24) is 5.32 Å². The maximum atomic E-state index is 13.3. The third-order valence-corrected chi connectivity index (χ3v) is 8.03. The Morgan fingerprint density at radius 3 is 2.47 bits per heavy atom. The van der Waals surface area contributed by atoms with E-state index in [0.717, 1.165) is 30.4 Å². The van der Waals surface area contributed by atoms with Gasteiger partial charge in [-0.05, 0) is 71.9 Å². The van der Waals surface area contributed by atoms with E-state index in [1.54, 1.807) is 6.07 Å². The Balaban J connectivity index is 1.58. The van der Waals surface area contributed by atoms with Crippen molar-refractivity contribution in [2.45, 2.75) is 77.4 Å². The molecule has 0 fully saturated rings. The van der Waals surface area contributed by atoms with Crippen molar-refractivity contribution >= 4 is 21.6 Å². The molecule has 0 aromatic heterocycles. The monoisotopic (exact) mass is 484 g/mol. The average molecular weight is 485 g/mol.